The molecular formula is C28H34N8O3. The van der Waals surface area contributed by atoms with Gasteiger partial charge in [-0.1, -0.05) is 12.8 Å². The number of nitrogens with zero attached hydrogens (tertiary/aromatic N) is 7. The Morgan fingerprint density at radius 2 is 1.82 bits per heavy atom. The molecule has 1 aliphatic heterocycles. The summed E-state index contributed by atoms with van der Waals surface area (Å²) in [6, 6.07) is 5.94. The first kappa shape index (κ1) is 26.4. The molecule has 0 atom stereocenters. The Morgan fingerprint density at radius 3 is 2.44 bits per heavy atom. The maximum Gasteiger partial charge on any atom is 0.410 e. The highest BCUT2D eigenvalue weighted by Crippen LogP contribution is 2.32. The highest BCUT2D eigenvalue weighted by atomic mass is 16.6. The number of nitriles is 1. The quantitative estimate of drug-likeness (QED) is 0.525. The monoisotopic (exact) mass is 530 g/mol. The van der Waals surface area contributed by atoms with E-state index in [2.05, 4.69) is 26.3 Å². The minimum atomic E-state index is -0.512. The van der Waals surface area contributed by atoms with Crippen molar-refractivity contribution in [2.75, 3.05) is 36.4 Å². The van der Waals surface area contributed by atoms with Crippen LogP contribution in [0.3, 0.4) is 0 Å². The molecule has 3 aromatic rings. The highest BCUT2D eigenvalue weighted by Gasteiger charge is 2.27. The Labute approximate surface area is 227 Å². The van der Waals surface area contributed by atoms with E-state index in [1.165, 1.54) is 0 Å². The SMILES string of the molecule is Cc1c(C#N)c(=O)n(C2CCCC2)c2nc(Nc3ccc(N4CCN(C(=O)OC(C)(C)C)CC4)cn3)ncc12. The number of nitrogens with one attached hydrogen (secondary N) is 1. The van der Waals surface area contributed by atoms with Crippen molar-refractivity contribution in [3.63, 3.8) is 0 Å². The Morgan fingerprint density at radius 1 is 1.10 bits per heavy atom. The fourth-order valence-corrected chi connectivity index (χ4v) is 5.26. The second kappa shape index (κ2) is 10.5. The number of hydrogen-bond donors (Lipinski definition) is 1. The van der Waals surface area contributed by atoms with Crippen LogP contribution in [-0.4, -0.2) is 62.3 Å². The summed E-state index contributed by atoms with van der Waals surface area (Å²) in [6.07, 6.45) is 7.06. The first-order chi connectivity index (χ1) is 18.6. The number of fused-ring (bicyclic) bond motifs is 1. The number of pyridine rings is 2. The van der Waals surface area contributed by atoms with E-state index in [0.717, 1.165) is 31.4 Å². The van der Waals surface area contributed by atoms with E-state index >= 15 is 0 Å². The molecule has 2 fully saturated rings. The Hall–Kier alpha value is -4.20. The van der Waals surface area contributed by atoms with Crippen molar-refractivity contribution in [2.45, 2.75) is 65.0 Å². The van der Waals surface area contributed by atoms with Gasteiger partial charge in [-0.05, 0) is 58.2 Å². The Bertz CT molecular complexity index is 1470. The average Bonchev–Trinajstić information content (AvgIpc) is 3.43. The summed E-state index contributed by atoms with van der Waals surface area (Å²) in [7, 11) is 0. The van der Waals surface area contributed by atoms with E-state index < -0.39 is 5.60 Å². The molecule has 1 amide bonds. The zero-order chi connectivity index (χ0) is 27.7. The minimum absolute atomic E-state index is 0.0312. The van der Waals surface area contributed by atoms with Crippen LogP contribution in [0, 0.1) is 18.3 Å². The number of aryl methyl sites for hydroxylation is 1. The van der Waals surface area contributed by atoms with Crippen LogP contribution in [-0.2, 0) is 4.74 Å². The molecule has 204 valence electrons. The molecule has 4 heterocycles. The molecule has 0 aromatic carbocycles. The molecule has 11 nitrogen and oxygen atoms in total. The van der Waals surface area contributed by atoms with Crippen molar-refractivity contribution in [1.82, 2.24) is 24.4 Å². The molecule has 3 aromatic heterocycles. The molecule has 0 spiro atoms. The van der Waals surface area contributed by atoms with Crippen LogP contribution in [0.2, 0.25) is 0 Å². The molecule has 1 saturated heterocycles. The summed E-state index contributed by atoms with van der Waals surface area (Å²) in [4.78, 5) is 43.2. The molecule has 0 bridgehead atoms. The molecular weight excluding hydrogens is 496 g/mol. The van der Waals surface area contributed by atoms with Crippen LogP contribution in [0.15, 0.2) is 29.3 Å². The number of ether oxygens (including phenoxy) is 1. The summed E-state index contributed by atoms with van der Waals surface area (Å²) in [6.45, 7) is 9.90. The van der Waals surface area contributed by atoms with Gasteiger partial charge in [0.1, 0.15) is 28.7 Å². The van der Waals surface area contributed by atoms with Gasteiger partial charge in [-0.3, -0.25) is 9.36 Å². The van der Waals surface area contributed by atoms with Crippen molar-refractivity contribution in [2.24, 2.45) is 0 Å². The summed E-state index contributed by atoms with van der Waals surface area (Å²) in [5, 5.41) is 13.5. The van der Waals surface area contributed by atoms with Gasteiger partial charge in [-0.15, -0.1) is 0 Å². The Kier molecular flexibility index (Phi) is 7.12. The molecule has 5 rings (SSSR count). The lowest BCUT2D eigenvalue weighted by Crippen LogP contribution is -2.50. The number of carbonyl (C=O) groups excluding carboxylic acids is 1. The third-order valence-corrected chi connectivity index (χ3v) is 7.29. The van der Waals surface area contributed by atoms with Crippen molar-refractivity contribution in [1.29, 1.82) is 5.26 Å². The number of carbonyl (C=O) groups is 1. The molecule has 1 aliphatic carbocycles. The number of rotatable bonds is 4. The van der Waals surface area contributed by atoms with Gasteiger partial charge in [-0.2, -0.15) is 10.2 Å². The normalized spacial score (nSPS) is 16.4. The van der Waals surface area contributed by atoms with Gasteiger partial charge in [0.05, 0.1) is 11.9 Å². The van der Waals surface area contributed by atoms with Crippen molar-refractivity contribution in [3.8, 4) is 6.07 Å². The maximum absolute atomic E-state index is 13.2. The lowest BCUT2D eigenvalue weighted by atomic mass is 10.1. The van der Waals surface area contributed by atoms with Crippen LogP contribution in [0.5, 0.6) is 0 Å². The van der Waals surface area contributed by atoms with Crippen LogP contribution in [0.25, 0.3) is 11.0 Å². The third kappa shape index (κ3) is 5.50. The summed E-state index contributed by atoms with van der Waals surface area (Å²) >= 11 is 0. The van der Waals surface area contributed by atoms with E-state index in [-0.39, 0.29) is 23.3 Å². The lowest BCUT2D eigenvalue weighted by Gasteiger charge is -2.36. The van der Waals surface area contributed by atoms with Gasteiger partial charge < -0.3 is 19.9 Å². The zero-order valence-electron chi connectivity index (χ0n) is 22.9. The zero-order valence-corrected chi connectivity index (χ0v) is 22.9. The largest absolute Gasteiger partial charge is 0.444 e. The summed E-state index contributed by atoms with van der Waals surface area (Å²) in [5.41, 5.74) is 1.46. The smallest absolute Gasteiger partial charge is 0.410 e. The summed E-state index contributed by atoms with van der Waals surface area (Å²) < 4.78 is 7.17. The van der Waals surface area contributed by atoms with Crippen LogP contribution < -0.4 is 15.8 Å². The van der Waals surface area contributed by atoms with E-state index in [4.69, 9.17) is 9.72 Å². The number of piperazine rings is 1. The van der Waals surface area contributed by atoms with Crippen molar-refractivity contribution in [3.05, 3.63) is 46.0 Å². The first-order valence-electron chi connectivity index (χ1n) is 13.4. The van der Waals surface area contributed by atoms with E-state index in [1.54, 1.807) is 28.8 Å². The Balaban J connectivity index is 1.32. The molecule has 11 heteroatoms. The van der Waals surface area contributed by atoms with Gasteiger partial charge in [-0.25, -0.2) is 14.8 Å². The van der Waals surface area contributed by atoms with Crippen LogP contribution in [0.4, 0.5) is 22.2 Å². The number of anilines is 3. The third-order valence-electron chi connectivity index (χ3n) is 7.29. The topological polar surface area (TPSA) is 129 Å². The van der Waals surface area contributed by atoms with Crippen molar-refractivity contribution >= 4 is 34.6 Å². The molecule has 1 saturated carbocycles. The van der Waals surface area contributed by atoms with Crippen molar-refractivity contribution < 1.29 is 9.53 Å². The number of amides is 1. The lowest BCUT2D eigenvalue weighted by molar-refractivity contribution is 0.0240. The highest BCUT2D eigenvalue weighted by molar-refractivity contribution is 5.81. The van der Waals surface area contributed by atoms with Gasteiger partial charge in [0.2, 0.25) is 5.95 Å². The van der Waals surface area contributed by atoms with Gasteiger partial charge in [0.15, 0.2) is 0 Å². The van der Waals surface area contributed by atoms with Gasteiger partial charge in [0.25, 0.3) is 5.56 Å². The summed E-state index contributed by atoms with van der Waals surface area (Å²) in [5.74, 6) is 0.912. The first-order valence-corrected chi connectivity index (χ1v) is 13.4. The number of aromatic nitrogens is 4. The molecule has 2 aliphatic rings. The van der Waals surface area contributed by atoms with E-state index in [0.29, 0.717) is 54.5 Å². The predicted molar refractivity (Wildman–Crippen MR) is 148 cm³/mol. The van der Waals surface area contributed by atoms with Crippen LogP contribution in [0.1, 0.15) is 63.6 Å². The molecule has 0 unspecified atom stereocenters. The number of hydrogen-bond acceptors (Lipinski definition) is 9. The second-order valence-electron chi connectivity index (χ2n) is 11.1. The van der Waals surface area contributed by atoms with E-state index in [1.807, 2.05) is 32.9 Å². The van der Waals surface area contributed by atoms with Gasteiger partial charge in [0, 0.05) is 43.8 Å². The van der Waals surface area contributed by atoms with Gasteiger partial charge >= 0.3 is 6.09 Å². The predicted octanol–water partition coefficient (Wildman–Crippen LogP) is 4.28. The molecule has 0 radical (unpaired) electrons. The molecule has 39 heavy (non-hydrogen) atoms. The fraction of sp³-hybridized carbons (Fsp3) is 0.500. The van der Waals surface area contributed by atoms with Crippen LogP contribution >= 0.6 is 0 Å². The average molecular weight is 531 g/mol. The molecule has 1 N–H and O–H groups in total. The van der Waals surface area contributed by atoms with E-state index in [9.17, 15) is 14.9 Å². The second-order valence-corrected chi connectivity index (χ2v) is 11.1. The fourth-order valence-electron chi connectivity index (χ4n) is 5.26. The standard InChI is InChI=1S/C28H34N8O3/c1-18-21(15-29)25(37)36(19-7-5-6-8-19)24-22(18)17-31-26(33-24)32-23-10-9-20(16-30-23)34-11-13-35(14-12-34)27(38)39-28(2,3)4/h9-10,16-17,19H,5-8,11-14H2,1-4H3,(H,30,31,32,33). The minimum Gasteiger partial charge on any atom is -0.444 e. The maximum atomic E-state index is 13.2.